The van der Waals surface area contributed by atoms with Gasteiger partial charge in [-0.3, -0.25) is 4.99 Å². The van der Waals surface area contributed by atoms with Crippen molar-refractivity contribution in [1.29, 1.82) is 0 Å². The van der Waals surface area contributed by atoms with Gasteiger partial charge in [-0.2, -0.15) is 17.5 Å². The lowest BCUT2D eigenvalue weighted by Gasteiger charge is -2.32. The van der Waals surface area contributed by atoms with Gasteiger partial charge in [0.05, 0.1) is 0 Å². The molecule has 1 atom stereocenters. The molecule has 6 nitrogen and oxygen atoms in total. The molecule has 0 aromatic rings. The SMILES string of the molecule is CCC(CC)C1CCN(C(=NC)NCC2CCN(S(=O)(=O)C(F)(F)F)CC2)C1. The van der Waals surface area contributed by atoms with Crippen molar-refractivity contribution < 1.29 is 21.6 Å². The minimum Gasteiger partial charge on any atom is -0.356 e. The van der Waals surface area contributed by atoms with Crippen LogP contribution in [0, 0.1) is 17.8 Å². The second-order valence-electron chi connectivity index (χ2n) is 7.79. The number of guanidine groups is 1. The Hall–Kier alpha value is -1.03. The number of sulfonamides is 1. The molecule has 10 heteroatoms. The van der Waals surface area contributed by atoms with E-state index in [2.05, 4.69) is 29.1 Å². The summed E-state index contributed by atoms with van der Waals surface area (Å²) in [6.45, 7) is 6.82. The maximum absolute atomic E-state index is 12.7. The highest BCUT2D eigenvalue weighted by Gasteiger charge is 2.50. The standard InChI is InChI=1S/C18H33F3N4O2S/c1-4-15(5-2)16-8-9-24(13-16)17(22-3)23-12-14-6-10-25(11-7-14)28(26,27)18(19,20)21/h14-16H,4-13H2,1-3H3,(H,22,23). The molecule has 0 saturated carbocycles. The van der Waals surface area contributed by atoms with Gasteiger partial charge in [-0.05, 0) is 37.0 Å². The Balaban J connectivity index is 1.81. The molecule has 0 aliphatic carbocycles. The zero-order valence-corrected chi connectivity index (χ0v) is 17.8. The van der Waals surface area contributed by atoms with E-state index in [-0.39, 0.29) is 19.0 Å². The van der Waals surface area contributed by atoms with Crippen molar-refractivity contribution in [3.05, 3.63) is 0 Å². The van der Waals surface area contributed by atoms with E-state index in [4.69, 9.17) is 0 Å². The maximum atomic E-state index is 12.7. The summed E-state index contributed by atoms with van der Waals surface area (Å²) >= 11 is 0. The van der Waals surface area contributed by atoms with Crippen LogP contribution in [0.4, 0.5) is 13.2 Å². The third-order valence-electron chi connectivity index (χ3n) is 6.21. The molecule has 0 amide bonds. The topological polar surface area (TPSA) is 65.0 Å². The monoisotopic (exact) mass is 426 g/mol. The molecule has 0 radical (unpaired) electrons. The van der Waals surface area contributed by atoms with Crippen LogP contribution in [0.3, 0.4) is 0 Å². The highest BCUT2D eigenvalue weighted by atomic mass is 32.2. The van der Waals surface area contributed by atoms with Crippen molar-refractivity contribution >= 4 is 16.0 Å². The Morgan fingerprint density at radius 1 is 1.14 bits per heavy atom. The fourth-order valence-corrected chi connectivity index (χ4v) is 5.37. The van der Waals surface area contributed by atoms with Gasteiger partial charge < -0.3 is 10.2 Å². The predicted octanol–water partition coefficient (Wildman–Crippen LogP) is 2.88. The molecule has 164 valence electrons. The van der Waals surface area contributed by atoms with Gasteiger partial charge >= 0.3 is 15.5 Å². The number of halogens is 3. The maximum Gasteiger partial charge on any atom is 0.511 e. The summed E-state index contributed by atoms with van der Waals surface area (Å²) in [5.41, 5.74) is -5.22. The molecule has 1 unspecified atom stereocenters. The first-order valence-corrected chi connectivity index (χ1v) is 11.6. The molecule has 0 aromatic heterocycles. The molecular formula is C18H33F3N4O2S. The van der Waals surface area contributed by atoms with Crippen LogP contribution in [0.15, 0.2) is 4.99 Å². The van der Waals surface area contributed by atoms with E-state index >= 15 is 0 Å². The third kappa shape index (κ3) is 5.31. The van der Waals surface area contributed by atoms with Crippen molar-refractivity contribution in [2.45, 2.75) is 51.5 Å². The second kappa shape index (κ2) is 9.65. The van der Waals surface area contributed by atoms with E-state index in [9.17, 15) is 21.6 Å². The summed E-state index contributed by atoms with van der Waals surface area (Å²) in [5.74, 6) is 2.36. The van der Waals surface area contributed by atoms with E-state index in [0.29, 0.717) is 29.6 Å². The van der Waals surface area contributed by atoms with Crippen LogP contribution in [0.5, 0.6) is 0 Å². The van der Waals surface area contributed by atoms with Gasteiger partial charge in [-0.15, -0.1) is 0 Å². The van der Waals surface area contributed by atoms with Crippen LogP contribution in [0.1, 0.15) is 46.0 Å². The first-order valence-electron chi connectivity index (χ1n) is 10.2. The first kappa shape index (κ1) is 23.3. The van der Waals surface area contributed by atoms with Gasteiger partial charge in [-0.25, -0.2) is 8.42 Å². The molecule has 2 saturated heterocycles. The molecular weight excluding hydrogens is 393 g/mol. The number of alkyl halides is 3. The fourth-order valence-electron chi connectivity index (χ4n) is 4.39. The molecule has 1 N–H and O–H groups in total. The van der Waals surface area contributed by atoms with Gasteiger partial charge in [-0.1, -0.05) is 26.7 Å². The van der Waals surface area contributed by atoms with Gasteiger partial charge in [0.15, 0.2) is 5.96 Å². The highest BCUT2D eigenvalue weighted by molar-refractivity contribution is 7.90. The molecule has 2 heterocycles. The third-order valence-corrected chi connectivity index (χ3v) is 7.84. The summed E-state index contributed by atoms with van der Waals surface area (Å²) in [6.07, 6.45) is 4.34. The van der Waals surface area contributed by atoms with Crippen LogP contribution in [0.2, 0.25) is 0 Å². The lowest BCUT2D eigenvalue weighted by Crippen LogP contribution is -2.47. The summed E-state index contributed by atoms with van der Waals surface area (Å²) in [6, 6.07) is 0. The Morgan fingerprint density at radius 2 is 1.75 bits per heavy atom. The van der Waals surface area contributed by atoms with Crippen LogP contribution in [-0.4, -0.2) is 68.9 Å². The number of nitrogens with one attached hydrogen (secondary N) is 1. The first-order chi connectivity index (χ1) is 13.1. The lowest BCUT2D eigenvalue weighted by atomic mass is 9.87. The number of nitrogens with zero attached hydrogens (tertiary/aromatic N) is 3. The fraction of sp³-hybridized carbons (Fsp3) is 0.944. The number of piperidine rings is 1. The Bertz CT molecular complexity index is 627. The van der Waals surface area contributed by atoms with Gasteiger partial charge in [0.25, 0.3) is 0 Å². The zero-order valence-electron chi connectivity index (χ0n) is 17.0. The van der Waals surface area contributed by atoms with E-state index in [1.807, 2.05) is 0 Å². The zero-order chi connectivity index (χ0) is 20.9. The number of hydrogen-bond donors (Lipinski definition) is 1. The van der Waals surface area contributed by atoms with Crippen LogP contribution in [0.25, 0.3) is 0 Å². The Kier molecular flexibility index (Phi) is 8.01. The lowest BCUT2D eigenvalue weighted by molar-refractivity contribution is -0.0496. The van der Waals surface area contributed by atoms with E-state index in [0.717, 1.165) is 31.4 Å². The van der Waals surface area contributed by atoms with Gasteiger partial charge in [0.2, 0.25) is 0 Å². The molecule has 2 fully saturated rings. The molecule has 0 aromatic carbocycles. The smallest absolute Gasteiger partial charge is 0.356 e. The number of aliphatic imine (C=N–C) groups is 1. The van der Waals surface area contributed by atoms with Crippen molar-refractivity contribution in [1.82, 2.24) is 14.5 Å². The van der Waals surface area contributed by atoms with Crippen LogP contribution in [-0.2, 0) is 10.0 Å². The Morgan fingerprint density at radius 3 is 2.25 bits per heavy atom. The molecule has 0 spiro atoms. The Labute approximate surface area is 166 Å². The minimum absolute atomic E-state index is 0.0900. The van der Waals surface area contributed by atoms with Gasteiger partial charge in [0.1, 0.15) is 0 Å². The summed E-state index contributed by atoms with van der Waals surface area (Å²) in [4.78, 5) is 6.62. The summed E-state index contributed by atoms with van der Waals surface area (Å²) in [7, 11) is -3.47. The molecule has 28 heavy (non-hydrogen) atoms. The number of rotatable bonds is 6. The van der Waals surface area contributed by atoms with Crippen molar-refractivity contribution in [2.24, 2.45) is 22.7 Å². The van der Waals surface area contributed by atoms with Crippen LogP contribution < -0.4 is 5.32 Å². The molecule has 2 rings (SSSR count). The number of hydrogen-bond acceptors (Lipinski definition) is 3. The minimum atomic E-state index is -5.22. The second-order valence-corrected chi connectivity index (χ2v) is 9.72. The highest BCUT2D eigenvalue weighted by Crippen LogP contribution is 2.31. The quantitative estimate of drug-likeness (QED) is 0.524. The summed E-state index contributed by atoms with van der Waals surface area (Å²) in [5, 5.41) is 3.35. The van der Waals surface area contributed by atoms with Crippen molar-refractivity contribution in [3.8, 4) is 0 Å². The molecule has 2 aliphatic heterocycles. The van der Waals surface area contributed by atoms with E-state index in [1.165, 1.54) is 12.8 Å². The van der Waals surface area contributed by atoms with Crippen molar-refractivity contribution in [3.63, 3.8) is 0 Å². The van der Waals surface area contributed by atoms with E-state index < -0.39 is 15.5 Å². The molecule has 0 bridgehead atoms. The van der Waals surface area contributed by atoms with E-state index in [1.54, 1.807) is 7.05 Å². The van der Waals surface area contributed by atoms with Crippen molar-refractivity contribution in [2.75, 3.05) is 39.8 Å². The molecule has 2 aliphatic rings. The number of likely N-dealkylation sites (tertiary alicyclic amines) is 1. The normalized spacial score (nSPS) is 23.6. The average molecular weight is 427 g/mol. The van der Waals surface area contributed by atoms with Gasteiger partial charge in [0, 0.05) is 39.8 Å². The largest absolute Gasteiger partial charge is 0.511 e. The average Bonchev–Trinajstić information content (AvgIpc) is 3.12. The predicted molar refractivity (Wildman–Crippen MR) is 104 cm³/mol. The van der Waals surface area contributed by atoms with Crippen LogP contribution >= 0.6 is 0 Å². The summed E-state index contributed by atoms with van der Waals surface area (Å²) < 4.78 is 61.5.